The fourth-order valence-corrected chi connectivity index (χ4v) is 1.55. The Morgan fingerprint density at radius 3 is 2.53 bits per heavy atom. The van der Waals surface area contributed by atoms with Crippen molar-refractivity contribution in [3.63, 3.8) is 0 Å². The third-order valence-corrected chi connectivity index (χ3v) is 2.46. The Kier molecular flexibility index (Phi) is 3.52. The average molecular weight is 273 g/mol. The van der Waals surface area contributed by atoms with Crippen molar-refractivity contribution in [1.82, 2.24) is 0 Å². The first kappa shape index (κ1) is 12.2. The number of carbonyl (C=O) groups excluding carboxylic acids is 1. The van der Waals surface area contributed by atoms with Crippen LogP contribution in [0.3, 0.4) is 0 Å². The van der Waals surface area contributed by atoms with Crippen LogP contribution in [0, 0.1) is 0 Å². The third kappa shape index (κ3) is 2.79. The van der Waals surface area contributed by atoms with Gasteiger partial charge in [0.2, 0.25) is 0 Å². The summed E-state index contributed by atoms with van der Waals surface area (Å²) in [4.78, 5) is 11.8. The van der Waals surface area contributed by atoms with Crippen LogP contribution in [-0.2, 0) is 0 Å². The van der Waals surface area contributed by atoms with Crippen molar-refractivity contribution in [1.29, 1.82) is 0 Å². The van der Waals surface area contributed by atoms with Gasteiger partial charge < -0.3 is 9.84 Å². The lowest BCUT2D eigenvalue weighted by Gasteiger charge is -2.17. The molecule has 0 saturated carbocycles. The van der Waals surface area contributed by atoms with E-state index < -0.39 is 5.60 Å². The van der Waals surface area contributed by atoms with Crippen LogP contribution in [0.2, 0.25) is 0 Å². The molecule has 0 radical (unpaired) electrons. The minimum absolute atomic E-state index is 0.361. The maximum Gasteiger partial charge on any atom is 0.197 e. The molecule has 0 spiro atoms. The Morgan fingerprint density at radius 1 is 1.47 bits per heavy atom. The fraction of sp³-hybridized carbons (Fsp3) is 0.364. The van der Waals surface area contributed by atoms with Gasteiger partial charge in [0.1, 0.15) is 11.4 Å². The van der Waals surface area contributed by atoms with Crippen LogP contribution in [0.1, 0.15) is 24.2 Å². The maximum atomic E-state index is 11.8. The molecule has 82 valence electrons. The van der Waals surface area contributed by atoms with Crippen LogP contribution in [0.4, 0.5) is 0 Å². The van der Waals surface area contributed by atoms with E-state index in [4.69, 9.17) is 4.74 Å². The Labute approximate surface area is 97.2 Å². The highest BCUT2D eigenvalue weighted by Crippen LogP contribution is 2.26. The lowest BCUT2D eigenvalue weighted by molar-refractivity contribution is 0.0485. The SMILES string of the molecule is COc1ccc(Br)cc1C(=O)C(C)(C)O. The molecule has 0 bridgehead atoms. The number of hydrogen-bond donors (Lipinski definition) is 1. The van der Waals surface area contributed by atoms with Gasteiger partial charge >= 0.3 is 0 Å². The second kappa shape index (κ2) is 4.33. The quantitative estimate of drug-likeness (QED) is 0.860. The molecule has 0 aromatic heterocycles. The molecular weight excluding hydrogens is 260 g/mol. The van der Waals surface area contributed by atoms with Crippen LogP contribution in [0.5, 0.6) is 5.75 Å². The molecule has 4 heteroatoms. The zero-order chi connectivity index (χ0) is 11.6. The minimum atomic E-state index is -1.39. The summed E-state index contributed by atoms with van der Waals surface area (Å²) in [5, 5.41) is 9.63. The molecule has 15 heavy (non-hydrogen) atoms. The zero-order valence-corrected chi connectivity index (χ0v) is 10.5. The van der Waals surface area contributed by atoms with Gasteiger partial charge in [-0.2, -0.15) is 0 Å². The third-order valence-electron chi connectivity index (χ3n) is 1.96. The molecule has 1 aromatic carbocycles. The van der Waals surface area contributed by atoms with Crippen molar-refractivity contribution >= 4 is 21.7 Å². The summed E-state index contributed by atoms with van der Waals surface area (Å²) >= 11 is 3.27. The summed E-state index contributed by atoms with van der Waals surface area (Å²) in [5.74, 6) is 0.103. The Balaban J connectivity index is 3.23. The second-order valence-corrected chi connectivity index (χ2v) is 4.65. The fourth-order valence-electron chi connectivity index (χ4n) is 1.19. The molecule has 0 aliphatic heterocycles. The number of Topliss-reactive ketones (excluding diaryl/α,β-unsaturated/α-hetero) is 1. The van der Waals surface area contributed by atoms with Gasteiger partial charge in [-0.15, -0.1) is 0 Å². The molecule has 3 nitrogen and oxygen atoms in total. The van der Waals surface area contributed by atoms with Crippen molar-refractivity contribution in [2.75, 3.05) is 7.11 Å². The monoisotopic (exact) mass is 272 g/mol. The van der Waals surface area contributed by atoms with Gasteiger partial charge in [-0.1, -0.05) is 15.9 Å². The van der Waals surface area contributed by atoms with E-state index in [2.05, 4.69) is 15.9 Å². The van der Waals surface area contributed by atoms with Gasteiger partial charge in [-0.05, 0) is 32.0 Å². The summed E-state index contributed by atoms with van der Waals surface area (Å²) in [7, 11) is 1.49. The summed E-state index contributed by atoms with van der Waals surface area (Å²) in [6.45, 7) is 2.91. The van der Waals surface area contributed by atoms with Gasteiger partial charge in [0, 0.05) is 4.47 Å². The van der Waals surface area contributed by atoms with Crippen molar-refractivity contribution in [2.24, 2.45) is 0 Å². The first-order chi connectivity index (χ1) is 6.86. The van der Waals surface area contributed by atoms with Gasteiger partial charge in [0.25, 0.3) is 0 Å². The molecule has 1 rings (SSSR count). The van der Waals surface area contributed by atoms with E-state index in [1.807, 2.05) is 0 Å². The lowest BCUT2D eigenvalue weighted by Crippen LogP contribution is -2.31. The van der Waals surface area contributed by atoms with Crippen LogP contribution >= 0.6 is 15.9 Å². The number of benzene rings is 1. The number of rotatable bonds is 3. The van der Waals surface area contributed by atoms with E-state index in [1.165, 1.54) is 21.0 Å². The van der Waals surface area contributed by atoms with E-state index in [9.17, 15) is 9.90 Å². The Bertz CT molecular complexity index is 380. The molecule has 0 aliphatic carbocycles. The normalized spacial score (nSPS) is 11.3. The highest BCUT2D eigenvalue weighted by atomic mass is 79.9. The molecule has 1 N–H and O–H groups in total. The van der Waals surface area contributed by atoms with Gasteiger partial charge in [0.15, 0.2) is 5.78 Å². The maximum absolute atomic E-state index is 11.8. The van der Waals surface area contributed by atoms with Crippen LogP contribution in [-0.4, -0.2) is 23.6 Å². The van der Waals surface area contributed by atoms with E-state index in [0.717, 1.165) is 4.47 Å². The highest BCUT2D eigenvalue weighted by molar-refractivity contribution is 9.10. The highest BCUT2D eigenvalue weighted by Gasteiger charge is 2.27. The first-order valence-corrected chi connectivity index (χ1v) is 5.26. The standard InChI is InChI=1S/C11H13BrO3/c1-11(2,14)10(13)8-6-7(12)4-5-9(8)15-3/h4-6,14H,1-3H3. The smallest absolute Gasteiger partial charge is 0.197 e. The molecule has 0 saturated heterocycles. The van der Waals surface area contributed by atoms with E-state index in [1.54, 1.807) is 18.2 Å². The molecule has 0 aliphatic rings. The number of halogens is 1. The topological polar surface area (TPSA) is 46.5 Å². The van der Waals surface area contributed by atoms with Gasteiger partial charge in [-0.25, -0.2) is 0 Å². The summed E-state index contributed by atoms with van der Waals surface area (Å²) < 4.78 is 5.84. The number of ether oxygens (including phenoxy) is 1. The van der Waals surface area contributed by atoms with Gasteiger partial charge in [0.05, 0.1) is 12.7 Å². The van der Waals surface area contributed by atoms with E-state index in [0.29, 0.717) is 11.3 Å². The van der Waals surface area contributed by atoms with E-state index in [-0.39, 0.29) is 5.78 Å². The molecule has 0 atom stereocenters. The Hall–Kier alpha value is -0.870. The largest absolute Gasteiger partial charge is 0.496 e. The van der Waals surface area contributed by atoms with Crippen LogP contribution in [0.25, 0.3) is 0 Å². The van der Waals surface area contributed by atoms with Crippen LogP contribution in [0.15, 0.2) is 22.7 Å². The molecule has 0 unspecified atom stereocenters. The predicted molar refractivity (Wildman–Crippen MR) is 61.3 cm³/mol. The van der Waals surface area contributed by atoms with E-state index >= 15 is 0 Å². The molecule has 0 fully saturated rings. The second-order valence-electron chi connectivity index (χ2n) is 3.73. The lowest BCUT2D eigenvalue weighted by atomic mass is 9.96. The number of methoxy groups -OCH3 is 1. The van der Waals surface area contributed by atoms with Crippen LogP contribution < -0.4 is 4.74 Å². The number of aliphatic hydroxyl groups is 1. The van der Waals surface area contributed by atoms with Crippen molar-refractivity contribution in [2.45, 2.75) is 19.4 Å². The van der Waals surface area contributed by atoms with Crippen molar-refractivity contribution < 1.29 is 14.6 Å². The average Bonchev–Trinajstić information content (AvgIpc) is 2.15. The predicted octanol–water partition coefficient (Wildman–Crippen LogP) is 2.41. The number of carbonyl (C=O) groups is 1. The van der Waals surface area contributed by atoms with Crippen molar-refractivity contribution in [3.8, 4) is 5.75 Å². The summed E-state index contributed by atoms with van der Waals surface area (Å²) in [6, 6.07) is 5.10. The minimum Gasteiger partial charge on any atom is -0.496 e. The van der Waals surface area contributed by atoms with Crippen molar-refractivity contribution in [3.05, 3.63) is 28.2 Å². The first-order valence-electron chi connectivity index (χ1n) is 4.47. The molecule has 0 amide bonds. The van der Waals surface area contributed by atoms with Gasteiger partial charge in [-0.3, -0.25) is 4.79 Å². The molecule has 0 heterocycles. The molecule has 1 aromatic rings. The number of ketones is 1. The number of hydrogen-bond acceptors (Lipinski definition) is 3. The Morgan fingerprint density at radius 2 is 2.07 bits per heavy atom. The zero-order valence-electron chi connectivity index (χ0n) is 8.87. The molecular formula is C11H13BrO3. The summed E-state index contributed by atoms with van der Waals surface area (Å²) in [6.07, 6.45) is 0. The summed E-state index contributed by atoms with van der Waals surface area (Å²) in [5.41, 5.74) is -1.02.